The van der Waals surface area contributed by atoms with Crippen LogP contribution in [-0.4, -0.2) is 95.4 Å². The van der Waals surface area contributed by atoms with E-state index >= 15 is 0 Å². The number of nitrogens with one attached hydrogen (secondary N) is 1. The maximum Gasteiger partial charge on any atom is 0.397 e. The highest BCUT2D eigenvalue weighted by molar-refractivity contribution is 7.80. The number of unbranched alkanes of at least 4 members (excludes halogenated alkanes) is 42. The molecule has 0 saturated carbocycles. The zero-order valence-corrected chi connectivity index (χ0v) is 49.2. The van der Waals surface area contributed by atoms with E-state index in [1.54, 1.807) is 6.08 Å². The highest BCUT2D eigenvalue weighted by Crippen LogP contribution is 2.26. The molecule has 7 unspecified atom stereocenters. The summed E-state index contributed by atoms with van der Waals surface area (Å²) in [6, 6.07) is -0.944. The number of aliphatic hydroxyl groups is 4. The smallest absolute Gasteiger partial charge is 0.394 e. The minimum Gasteiger partial charge on any atom is -0.394 e. The molecule has 6 N–H and O–H groups in total. The molecule has 1 aliphatic heterocycles. The molecule has 7 atom stereocenters. The van der Waals surface area contributed by atoms with Crippen molar-refractivity contribution in [3.63, 3.8) is 0 Å². The third kappa shape index (κ3) is 44.1. The van der Waals surface area contributed by atoms with E-state index in [1.807, 2.05) is 6.08 Å². The Bertz CT molecular complexity index is 1420. The van der Waals surface area contributed by atoms with Crippen LogP contribution in [-0.2, 0) is 28.9 Å². The van der Waals surface area contributed by atoms with Crippen LogP contribution in [0.5, 0.6) is 0 Å². The van der Waals surface area contributed by atoms with E-state index in [2.05, 4.69) is 35.5 Å². The van der Waals surface area contributed by atoms with E-state index in [9.17, 15) is 38.2 Å². The van der Waals surface area contributed by atoms with Crippen molar-refractivity contribution >= 4 is 16.3 Å². The summed E-state index contributed by atoms with van der Waals surface area (Å²) in [4.78, 5) is 13.2. The molecular formula is C62H119NO11S. The number of hydrogen-bond donors (Lipinski definition) is 6. The lowest BCUT2D eigenvalue weighted by Gasteiger charge is -2.41. The Kier molecular flexibility index (Phi) is 49.6. The van der Waals surface area contributed by atoms with Crippen molar-refractivity contribution in [2.75, 3.05) is 13.2 Å². The van der Waals surface area contributed by atoms with Crippen LogP contribution in [0.3, 0.4) is 0 Å². The largest absolute Gasteiger partial charge is 0.397 e. The summed E-state index contributed by atoms with van der Waals surface area (Å²) in [7, 11) is -5.09. The Hall–Kier alpha value is -1.42. The molecular weight excluding hydrogens is 967 g/mol. The Morgan fingerprint density at radius 1 is 0.520 bits per heavy atom. The quantitative estimate of drug-likeness (QED) is 0.0193. The maximum atomic E-state index is 13.2. The number of allylic oxidation sites excluding steroid dienone is 3. The Balaban J connectivity index is 2.31. The SMILES string of the molecule is CCCCCCCCCCCCCC/C=C\CCCCCCCCCCCCCC(=O)NC(COC1OC(CO)C(O)C(OS(=O)(=O)O)C1O)C(O)/C=C/CCCCCCCCCCCCCCCCCCCCC. The molecule has 13 heteroatoms. The highest BCUT2D eigenvalue weighted by atomic mass is 32.3. The number of amides is 1. The zero-order chi connectivity index (χ0) is 54.7. The number of hydrogen-bond acceptors (Lipinski definition) is 10. The van der Waals surface area contributed by atoms with Gasteiger partial charge in [0.1, 0.15) is 24.4 Å². The molecule has 0 radical (unpaired) electrons. The first-order chi connectivity index (χ1) is 36.5. The molecule has 1 saturated heterocycles. The van der Waals surface area contributed by atoms with Gasteiger partial charge < -0.3 is 35.2 Å². The predicted octanol–water partition coefficient (Wildman–Crippen LogP) is 15.6. The molecule has 0 aromatic rings. The Morgan fingerprint density at radius 2 is 0.853 bits per heavy atom. The molecule has 0 spiro atoms. The first-order valence-corrected chi connectivity index (χ1v) is 33.1. The van der Waals surface area contributed by atoms with Crippen LogP contribution in [0.15, 0.2) is 24.3 Å². The van der Waals surface area contributed by atoms with Crippen molar-refractivity contribution in [1.82, 2.24) is 5.32 Å². The molecule has 75 heavy (non-hydrogen) atoms. The van der Waals surface area contributed by atoms with Crippen molar-refractivity contribution < 1.29 is 51.8 Å². The lowest BCUT2D eigenvalue weighted by Crippen LogP contribution is -2.61. The molecule has 1 heterocycles. The fourth-order valence-corrected chi connectivity index (χ4v) is 10.8. The van der Waals surface area contributed by atoms with Gasteiger partial charge in [-0.2, -0.15) is 8.42 Å². The van der Waals surface area contributed by atoms with Gasteiger partial charge in [-0.1, -0.05) is 282 Å². The molecule has 0 aliphatic carbocycles. The standard InChI is InChI=1S/C62H119NO11S/c1-3-5-7-9-11-13-15-17-19-21-23-25-26-27-28-29-30-32-34-36-38-40-42-44-46-48-50-52-58(66)63-55(54-72-62-60(68)61(74-75(69,70)71)59(67)57(53-64)73-62)56(65)51-49-47-45-43-41-39-37-35-33-31-24-22-20-18-16-14-12-10-8-6-4-2/h27-28,49,51,55-57,59-62,64-65,67-68H,3-26,29-48,50,52-54H2,1-2H3,(H,63,66)(H,69,70,71)/b28-27-,51-49+. The first kappa shape index (κ1) is 71.6. The third-order valence-corrected chi connectivity index (χ3v) is 15.7. The van der Waals surface area contributed by atoms with Crippen LogP contribution in [0.2, 0.25) is 0 Å². The fraction of sp³-hybridized carbons (Fsp3) is 0.919. The molecule has 444 valence electrons. The van der Waals surface area contributed by atoms with Gasteiger partial charge in [0.15, 0.2) is 6.29 Å². The van der Waals surface area contributed by atoms with Crippen molar-refractivity contribution in [2.24, 2.45) is 0 Å². The second-order valence-electron chi connectivity index (χ2n) is 22.4. The van der Waals surface area contributed by atoms with Crippen molar-refractivity contribution in [1.29, 1.82) is 0 Å². The van der Waals surface area contributed by atoms with Gasteiger partial charge in [0.25, 0.3) is 0 Å². The first-order valence-electron chi connectivity index (χ1n) is 31.7. The third-order valence-electron chi connectivity index (χ3n) is 15.2. The molecule has 0 aromatic heterocycles. The summed E-state index contributed by atoms with van der Waals surface area (Å²) in [5, 5.41) is 45.1. The van der Waals surface area contributed by atoms with Crippen LogP contribution in [0, 0.1) is 0 Å². The van der Waals surface area contributed by atoms with E-state index in [4.69, 9.17) is 9.47 Å². The molecule has 1 fully saturated rings. The highest BCUT2D eigenvalue weighted by Gasteiger charge is 2.48. The van der Waals surface area contributed by atoms with Gasteiger partial charge >= 0.3 is 10.4 Å². The Labute approximate surface area is 461 Å². The van der Waals surface area contributed by atoms with E-state index < -0.39 is 59.9 Å². The number of carbonyl (C=O) groups is 1. The summed E-state index contributed by atoms with van der Waals surface area (Å²) in [5.74, 6) is -0.258. The van der Waals surface area contributed by atoms with Crippen LogP contribution >= 0.6 is 0 Å². The second-order valence-corrected chi connectivity index (χ2v) is 23.4. The van der Waals surface area contributed by atoms with Gasteiger partial charge in [-0.3, -0.25) is 9.35 Å². The topological polar surface area (TPSA) is 192 Å². The molecule has 0 bridgehead atoms. The summed E-state index contributed by atoms with van der Waals surface area (Å²) >= 11 is 0. The zero-order valence-electron chi connectivity index (χ0n) is 48.4. The van der Waals surface area contributed by atoms with Crippen molar-refractivity contribution in [3.8, 4) is 0 Å². The van der Waals surface area contributed by atoms with E-state index in [1.165, 1.54) is 244 Å². The van der Waals surface area contributed by atoms with Crippen molar-refractivity contribution in [2.45, 2.75) is 352 Å². The number of rotatable bonds is 56. The number of carbonyl (C=O) groups excluding carboxylic acids is 1. The summed E-state index contributed by atoms with van der Waals surface area (Å²) in [6.07, 6.45) is 56.6. The van der Waals surface area contributed by atoms with E-state index in [0.717, 1.165) is 38.5 Å². The lowest BCUT2D eigenvalue weighted by molar-refractivity contribution is -0.298. The van der Waals surface area contributed by atoms with E-state index in [0.29, 0.717) is 6.42 Å². The Morgan fingerprint density at radius 3 is 1.20 bits per heavy atom. The van der Waals surface area contributed by atoms with E-state index in [-0.39, 0.29) is 18.9 Å². The average Bonchev–Trinajstić information content (AvgIpc) is 3.39. The van der Waals surface area contributed by atoms with Crippen LogP contribution < -0.4 is 5.32 Å². The monoisotopic (exact) mass is 1090 g/mol. The summed E-state index contributed by atoms with van der Waals surface area (Å²) < 4.78 is 47.9. The van der Waals surface area contributed by atoms with Crippen LogP contribution in [0.4, 0.5) is 0 Å². The van der Waals surface area contributed by atoms with Gasteiger partial charge in [0.2, 0.25) is 5.91 Å². The van der Waals surface area contributed by atoms with Crippen LogP contribution in [0.1, 0.15) is 309 Å². The van der Waals surface area contributed by atoms with Gasteiger partial charge in [0.05, 0.1) is 25.4 Å². The fourth-order valence-electron chi connectivity index (χ4n) is 10.3. The normalized spacial score (nSPS) is 19.2. The summed E-state index contributed by atoms with van der Waals surface area (Å²) in [6.45, 7) is 3.45. The second kappa shape index (κ2) is 52.0. The minimum absolute atomic E-state index is 0.258. The lowest BCUT2D eigenvalue weighted by atomic mass is 9.99. The summed E-state index contributed by atoms with van der Waals surface area (Å²) in [5.41, 5.74) is 0. The number of aliphatic hydroxyl groups excluding tert-OH is 4. The molecule has 1 amide bonds. The molecule has 0 aromatic carbocycles. The van der Waals surface area contributed by atoms with Crippen molar-refractivity contribution in [3.05, 3.63) is 24.3 Å². The van der Waals surface area contributed by atoms with Crippen LogP contribution in [0.25, 0.3) is 0 Å². The minimum atomic E-state index is -5.09. The van der Waals surface area contributed by atoms with Gasteiger partial charge in [-0.05, 0) is 44.9 Å². The molecule has 1 rings (SSSR count). The maximum absolute atomic E-state index is 13.2. The van der Waals surface area contributed by atoms with Gasteiger partial charge in [-0.25, -0.2) is 4.18 Å². The number of ether oxygens (including phenoxy) is 2. The average molecular weight is 1090 g/mol. The molecule has 12 nitrogen and oxygen atoms in total. The van der Waals surface area contributed by atoms with Gasteiger partial charge in [0, 0.05) is 6.42 Å². The van der Waals surface area contributed by atoms with Gasteiger partial charge in [-0.15, -0.1) is 0 Å². The predicted molar refractivity (Wildman–Crippen MR) is 310 cm³/mol. The molecule has 1 aliphatic rings.